The maximum Gasteiger partial charge on any atom is 0.220 e. The molecule has 3 N–H and O–H groups in total. The van der Waals surface area contributed by atoms with Gasteiger partial charge >= 0.3 is 0 Å². The molecule has 5 nitrogen and oxygen atoms in total. The van der Waals surface area contributed by atoms with Gasteiger partial charge in [0.1, 0.15) is 0 Å². The predicted octanol–water partition coefficient (Wildman–Crippen LogP) is 1.38. The Kier molecular flexibility index (Phi) is 5.59. The first-order valence-corrected chi connectivity index (χ1v) is 7.66. The van der Waals surface area contributed by atoms with Crippen molar-refractivity contribution in [3.05, 3.63) is 18.0 Å². The summed E-state index contributed by atoms with van der Waals surface area (Å²) in [5.41, 5.74) is 6.94. The quantitative estimate of drug-likeness (QED) is 0.825. The number of hydrogen-bond donors (Lipinski definition) is 2. The maximum atomic E-state index is 12.0. The Morgan fingerprint density at radius 3 is 2.85 bits per heavy atom. The first kappa shape index (κ1) is 15.0. The molecular formula is C15H26N4O. The van der Waals surface area contributed by atoms with Gasteiger partial charge < -0.3 is 11.1 Å². The van der Waals surface area contributed by atoms with E-state index in [4.69, 9.17) is 5.73 Å². The van der Waals surface area contributed by atoms with Crippen molar-refractivity contribution in [3.8, 4) is 0 Å². The van der Waals surface area contributed by atoms with Crippen molar-refractivity contribution in [3.63, 3.8) is 0 Å². The third-order valence-electron chi connectivity index (χ3n) is 4.22. The molecule has 0 bridgehead atoms. The molecule has 0 radical (unpaired) electrons. The van der Waals surface area contributed by atoms with Gasteiger partial charge in [-0.2, -0.15) is 5.10 Å². The number of carbonyl (C=O) groups excluding carboxylic acids is 1. The van der Waals surface area contributed by atoms with Crippen LogP contribution in [0.3, 0.4) is 0 Å². The van der Waals surface area contributed by atoms with Gasteiger partial charge in [-0.3, -0.25) is 9.48 Å². The van der Waals surface area contributed by atoms with Gasteiger partial charge in [-0.25, -0.2) is 0 Å². The summed E-state index contributed by atoms with van der Waals surface area (Å²) in [7, 11) is 1.89. The highest BCUT2D eigenvalue weighted by atomic mass is 16.1. The summed E-state index contributed by atoms with van der Waals surface area (Å²) in [5.74, 6) is 0.672. The largest absolute Gasteiger partial charge is 0.352 e. The monoisotopic (exact) mass is 278 g/mol. The highest BCUT2D eigenvalue weighted by Crippen LogP contribution is 2.26. The molecule has 1 heterocycles. The first-order valence-electron chi connectivity index (χ1n) is 7.66. The lowest BCUT2D eigenvalue weighted by atomic mass is 9.84. The minimum atomic E-state index is 0.106. The molecule has 5 heteroatoms. The summed E-state index contributed by atoms with van der Waals surface area (Å²) in [6, 6.07) is 0.150. The number of rotatable bonds is 6. The van der Waals surface area contributed by atoms with Crippen LogP contribution in [0.2, 0.25) is 0 Å². The van der Waals surface area contributed by atoms with Crippen molar-refractivity contribution in [1.29, 1.82) is 0 Å². The summed E-state index contributed by atoms with van der Waals surface area (Å²) < 4.78 is 1.76. The third kappa shape index (κ3) is 4.34. The number of hydrogen-bond acceptors (Lipinski definition) is 3. The van der Waals surface area contributed by atoms with Gasteiger partial charge in [0.2, 0.25) is 5.91 Å². The normalized spacial score (nSPS) is 17.9. The molecule has 1 aromatic heterocycles. The van der Waals surface area contributed by atoms with Crippen molar-refractivity contribution in [2.24, 2.45) is 18.7 Å². The Morgan fingerprint density at radius 2 is 2.25 bits per heavy atom. The number of aryl methyl sites for hydroxylation is 2. The molecule has 0 spiro atoms. The van der Waals surface area contributed by atoms with Gasteiger partial charge in [-0.05, 0) is 30.7 Å². The van der Waals surface area contributed by atoms with Crippen LogP contribution in [-0.4, -0.2) is 28.3 Å². The van der Waals surface area contributed by atoms with Crippen molar-refractivity contribution >= 4 is 5.91 Å². The van der Waals surface area contributed by atoms with Crippen LogP contribution in [0.5, 0.6) is 0 Å². The molecule has 1 aliphatic carbocycles. The molecule has 1 saturated carbocycles. The molecule has 20 heavy (non-hydrogen) atoms. The minimum Gasteiger partial charge on any atom is -0.352 e. The van der Waals surface area contributed by atoms with E-state index in [0.717, 1.165) is 12.0 Å². The van der Waals surface area contributed by atoms with Crippen LogP contribution in [-0.2, 0) is 18.3 Å². The topological polar surface area (TPSA) is 72.9 Å². The Morgan fingerprint density at radius 1 is 1.50 bits per heavy atom. The molecular weight excluding hydrogens is 252 g/mol. The SMILES string of the molecule is Cn1cc(CCC(=O)NC(CN)C2CCCCC2)cn1. The Labute approximate surface area is 120 Å². The highest BCUT2D eigenvalue weighted by molar-refractivity contribution is 5.76. The molecule has 0 aromatic carbocycles. The van der Waals surface area contributed by atoms with Gasteiger partial charge in [-0.1, -0.05) is 19.3 Å². The van der Waals surface area contributed by atoms with Crippen molar-refractivity contribution < 1.29 is 4.79 Å². The molecule has 1 aromatic rings. The zero-order chi connectivity index (χ0) is 14.4. The standard InChI is InChI=1S/C15H26N4O/c1-19-11-12(10-17-19)7-8-15(20)18-14(9-16)13-5-3-2-4-6-13/h10-11,13-14H,2-9,16H2,1H3,(H,18,20). The number of carbonyl (C=O) groups is 1. The minimum absolute atomic E-state index is 0.106. The Balaban J connectivity index is 1.76. The zero-order valence-electron chi connectivity index (χ0n) is 12.3. The lowest BCUT2D eigenvalue weighted by Crippen LogP contribution is -2.45. The molecule has 1 fully saturated rings. The molecule has 112 valence electrons. The van der Waals surface area contributed by atoms with Gasteiger partial charge in [0.15, 0.2) is 0 Å². The molecule has 1 unspecified atom stereocenters. The fourth-order valence-corrected chi connectivity index (χ4v) is 3.04. The highest BCUT2D eigenvalue weighted by Gasteiger charge is 2.23. The van der Waals surface area contributed by atoms with Gasteiger partial charge in [0.25, 0.3) is 0 Å². The fourth-order valence-electron chi connectivity index (χ4n) is 3.04. The van der Waals surface area contributed by atoms with Crippen LogP contribution in [0.1, 0.15) is 44.1 Å². The maximum absolute atomic E-state index is 12.0. The second-order valence-corrected chi connectivity index (χ2v) is 5.83. The Hall–Kier alpha value is -1.36. The Bertz CT molecular complexity index is 423. The van der Waals surface area contributed by atoms with E-state index in [1.807, 2.05) is 19.4 Å². The van der Waals surface area contributed by atoms with Gasteiger partial charge in [0, 0.05) is 32.3 Å². The number of amides is 1. The van der Waals surface area contributed by atoms with E-state index < -0.39 is 0 Å². The van der Waals surface area contributed by atoms with E-state index in [2.05, 4.69) is 10.4 Å². The van der Waals surface area contributed by atoms with Gasteiger partial charge in [-0.15, -0.1) is 0 Å². The number of aromatic nitrogens is 2. The second kappa shape index (κ2) is 7.43. The summed E-state index contributed by atoms with van der Waals surface area (Å²) >= 11 is 0. The summed E-state index contributed by atoms with van der Waals surface area (Å²) in [4.78, 5) is 12.0. The van der Waals surface area contributed by atoms with E-state index in [-0.39, 0.29) is 11.9 Å². The number of nitrogens with one attached hydrogen (secondary N) is 1. The molecule has 2 rings (SSSR count). The van der Waals surface area contributed by atoms with Crippen LogP contribution in [0.4, 0.5) is 0 Å². The van der Waals surface area contributed by atoms with E-state index in [0.29, 0.717) is 18.9 Å². The van der Waals surface area contributed by atoms with Crippen LogP contribution >= 0.6 is 0 Å². The second-order valence-electron chi connectivity index (χ2n) is 5.83. The molecule has 1 aliphatic rings. The van der Waals surface area contributed by atoms with Crippen molar-refractivity contribution in [1.82, 2.24) is 15.1 Å². The molecule has 0 aliphatic heterocycles. The summed E-state index contributed by atoms with van der Waals surface area (Å²) in [6.07, 6.45) is 11.3. The van der Waals surface area contributed by atoms with E-state index in [1.165, 1.54) is 32.1 Å². The van der Waals surface area contributed by atoms with Crippen LogP contribution < -0.4 is 11.1 Å². The number of nitrogens with two attached hydrogens (primary N) is 1. The van der Waals surface area contributed by atoms with Crippen LogP contribution in [0.25, 0.3) is 0 Å². The first-order chi connectivity index (χ1) is 9.69. The van der Waals surface area contributed by atoms with E-state index in [9.17, 15) is 4.79 Å². The molecule has 0 saturated heterocycles. The predicted molar refractivity (Wildman–Crippen MR) is 79.1 cm³/mol. The van der Waals surface area contributed by atoms with E-state index >= 15 is 0 Å². The van der Waals surface area contributed by atoms with E-state index in [1.54, 1.807) is 4.68 Å². The van der Waals surface area contributed by atoms with Crippen molar-refractivity contribution in [2.75, 3.05) is 6.54 Å². The lowest BCUT2D eigenvalue weighted by molar-refractivity contribution is -0.122. The van der Waals surface area contributed by atoms with Crippen LogP contribution in [0, 0.1) is 5.92 Å². The van der Waals surface area contributed by atoms with Crippen LogP contribution in [0.15, 0.2) is 12.4 Å². The zero-order valence-corrected chi connectivity index (χ0v) is 12.3. The van der Waals surface area contributed by atoms with Gasteiger partial charge in [0.05, 0.1) is 6.20 Å². The summed E-state index contributed by atoms with van der Waals surface area (Å²) in [5, 5.41) is 7.23. The average molecular weight is 278 g/mol. The lowest BCUT2D eigenvalue weighted by Gasteiger charge is -2.30. The summed E-state index contributed by atoms with van der Waals surface area (Å²) in [6.45, 7) is 0.545. The molecule has 1 amide bonds. The third-order valence-corrected chi connectivity index (χ3v) is 4.22. The fraction of sp³-hybridized carbons (Fsp3) is 0.733. The molecule has 1 atom stereocenters. The number of nitrogens with zero attached hydrogens (tertiary/aromatic N) is 2. The van der Waals surface area contributed by atoms with Crippen molar-refractivity contribution in [2.45, 2.75) is 51.0 Å². The average Bonchev–Trinajstić information content (AvgIpc) is 2.89. The smallest absolute Gasteiger partial charge is 0.220 e.